The van der Waals surface area contributed by atoms with Crippen LogP contribution >= 0.6 is 0 Å². The third-order valence-corrected chi connectivity index (χ3v) is 2.22. The minimum absolute atomic E-state index is 0.0396. The van der Waals surface area contributed by atoms with Gasteiger partial charge >= 0.3 is 5.69 Å². The number of nitriles is 1. The van der Waals surface area contributed by atoms with Crippen molar-refractivity contribution in [2.45, 2.75) is 6.10 Å². The van der Waals surface area contributed by atoms with Crippen LogP contribution in [0.3, 0.4) is 0 Å². The van der Waals surface area contributed by atoms with Crippen molar-refractivity contribution >= 4 is 5.69 Å². The molecule has 1 fully saturated rings. The van der Waals surface area contributed by atoms with Crippen molar-refractivity contribution in [2.75, 3.05) is 13.1 Å². The molecule has 82 valence electrons. The molecule has 1 N–H and O–H groups in total. The van der Waals surface area contributed by atoms with Gasteiger partial charge in [-0.2, -0.15) is 5.26 Å². The summed E-state index contributed by atoms with van der Waals surface area (Å²) in [5.74, 6) is -0.0875. The second kappa shape index (κ2) is 4.12. The number of pyridine rings is 1. The smallest absolute Gasteiger partial charge is 0.348 e. The van der Waals surface area contributed by atoms with E-state index in [-0.39, 0.29) is 23.2 Å². The zero-order valence-electron chi connectivity index (χ0n) is 8.21. The van der Waals surface area contributed by atoms with Gasteiger partial charge in [0, 0.05) is 19.3 Å². The van der Waals surface area contributed by atoms with E-state index in [1.165, 1.54) is 12.3 Å². The zero-order chi connectivity index (χ0) is 11.5. The van der Waals surface area contributed by atoms with Crippen LogP contribution in [0.1, 0.15) is 5.56 Å². The molecule has 0 saturated carbocycles. The first-order chi connectivity index (χ1) is 7.72. The van der Waals surface area contributed by atoms with Crippen molar-refractivity contribution in [3.05, 3.63) is 27.9 Å². The Morgan fingerprint density at radius 1 is 1.69 bits per heavy atom. The van der Waals surface area contributed by atoms with Crippen molar-refractivity contribution in [3.63, 3.8) is 0 Å². The van der Waals surface area contributed by atoms with Crippen LogP contribution in [0.4, 0.5) is 5.69 Å². The number of nitrogens with zero attached hydrogens (tertiary/aromatic N) is 3. The summed E-state index contributed by atoms with van der Waals surface area (Å²) in [6.07, 6.45) is 1.22. The topological polar surface area (TPSA) is 101 Å². The average Bonchev–Trinajstić information content (AvgIpc) is 2.22. The lowest BCUT2D eigenvalue weighted by Crippen LogP contribution is -2.50. The van der Waals surface area contributed by atoms with Gasteiger partial charge in [0.15, 0.2) is 0 Å². The van der Waals surface area contributed by atoms with Crippen LogP contribution in [-0.2, 0) is 0 Å². The number of rotatable bonds is 3. The number of nitro groups is 1. The van der Waals surface area contributed by atoms with E-state index in [0.29, 0.717) is 13.1 Å². The molecule has 16 heavy (non-hydrogen) atoms. The van der Waals surface area contributed by atoms with Crippen LogP contribution in [0.25, 0.3) is 0 Å². The number of ether oxygens (including phenoxy) is 1. The van der Waals surface area contributed by atoms with Crippen molar-refractivity contribution in [2.24, 2.45) is 0 Å². The van der Waals surface area contributed by atoms with Crippen molar-refractivity contribution in [3.8, 4) is 11.9 Å². The minimum atomic E-state index is -0.646. The Balaban J connectivity index is 2.35. The third kappa shape index (κ3) is 1.78. The number of nitrogens with one attached hydrogen (secondary N) is 1. The van der Waals surface area contributed by atoms with Gasteiger partial charge in [-0.25, -0.2) is 4.98 Å². The predicted octanol–water partition coefficient (Wildman–Crippen LogP) is 0.212. The van der Waals surface area contributed by atoms with Crippen LogP contribution in [0.5, 0.6) is 5.88 Å². The fraction of sp³-hybridized carbons (Fsp3) is 0.333. The largest absolute Gasteiger partial charge is 0.467 e. The number of hydrogen-bond donors (Lipinski definition) is 1. The van der Waals surface area contributed by atoms with Gasteiger partial charge < -0.3 is 10.1 Å². The maximum atomic E-state index is 10.8. The molecule has 0 radical (unpaired) electrons. The van der Waals surface area contributed by atoms with Crippen LogP contribution in [-0.4, -0.2) is 29.1 Å². The summed E-state index contributed by atoms with van der Waals surface area (Å²) in [5, 5.41) is 22.5. The summed E-state index contributed by atoms with van der Waals surface area (Å²) in [6.45, 7) is 1.27. The second-order valence-electron chi connectivity index (χ2n) is 3.28. The molecule has 1 aliphatic rings. The number of aromatic nitrogens is 1. The molecule has 0 amide bonds. The van der Waals surface area contributed by atoms with E-state index in [0.717, 1.165) is 0 Å². The third-order valence-electron chi connectivity index (χ3n) is 2.22. The molecule has 0 bridgehead atoms. The molecular weight excluding hydrogens is 212 g/mol. The fourth-order valence-electron chi connectivity index (χ4n) is 1.29. The van der Waals surface area contributed by atoms with E-state index in [1.54, 1.807) is 6.07 Å². The van der Waals surface area contributed by atoms with Gasteiger partial charge in [0.25, 0.3) is 5.88 Å². The average molecular weight is 220 g/mol. The van der Waals surface area contributed by atoms with E-state index < -0.39 is 4.92 Å². The highest BCUT2D eigenvalue weighted by Gasteiger charge is 2.27. The maximum absolute atomic E-state index is 10.8. The van der Waals surface area contributed by atoms with E-state index in [2.05, 4.69) is 10.3 Å². The first-order valence-corrected chi connectivity index (χ1v) is 4.63. The standard InChI is InChI=1S/C9H8N4O3/c10-3-6-1-2-12-9(8(6)13(14)15)16-7-4-11-5-7/h1-2,7,11H,4-5H2. The summed E-state index contributed by atoms with van der Waals surface area (Å²) in [4.78, 5) is 13.9. The quantitative estimate of drug-likeness (QED) is 0.577. The molecule has 2 rings (SSSR count). The summed E-state index contributed by atoms with van der Waals surface area (Å²) >= 11 is 0. The van der Waals surface area contributed by atoms with E-state index in [1.807, 2.05) is 0 Å². The Labute approximate surface area is 90.8 Å². The van der Waals surface area contributed by atoms with E-state index in [9.17, 15) is 10.1 Å². The van der Waals surface area contributed by atoms with Gasteiger partial charge in [-0.15, -0.1) is 0 Å². The van der Waals surface area contributed by atoms with Crippen LogP contribution in [0, 0.1) is 21.4 Å². The Kier molecular flexibility index (Phi) is 2.66. The molecule has 1 aromatic rings. The van der Waals surface area contributed by atoms with E-state index >= 15 is 0 Å². The Hall–Kier alpha value is -2.20. The predicted molar refractivity (Wildman–Crippen MR) is 52.9 cm³/mol. The molecule has 2 heterocycles. The molecule has 1 aliphatic heterocycles. The summed E-state index contributed by atoms with van der Waals surface area (Å²) in [7, 11) is 0. The van der Waals surface area contributed by atoms with Gasteiger partial charge in [0.2, 0.25) is 0 Å². The molecular formula is C9H8N4O3. The summed E-state index contributed by atoms with van der Waals surface area (Å²) in [6, 6.07) is 3.04. The normalized spacial score (nSPS) is 14.9. The molecule has 1 aromatic heterocycles. The van der Waals surface area contributed by atoms with Crippen molar-refractivity contribution in [1.82, 2.24) is 10.3 Å². The molecule has 0 aromatic carbocycles. The molecule has 7 heteroatoms. The highest BCUT2D eigenvalue weighted by atomic mass is 16.6. The second-order valence-corrected chi connectivity index (χ2v) is 3.28. The molecule has 1 saturated heterocycles. The monoisotopic (exact) mass is 220 g/mol. The summed E-state index contributed by atoms with van der Waals surface area (Å²) < 4.78 is 5.32. The SMILES string of the molecule is N#Cc1ccnc(OC2CNC2)c1[N+](=O)[O-]. The lowest BCUT2D eigenvalue weighted by molar-refractivity contribution is -0.386. The van der Waals surface area contributed by atoms with E-state index in [4.69, 9.17) is 10.00 Å². The molecule has 0 unspecified atom stereocenters. The lowest BCUT2D eigenvalue weighted by Gasteiger charge is -2.26. The molecule has 0 aliphatic carbocycles. The maximum Gasteiger partial charge on any atom is 0.348 e. The van der Waals surface area contributed by atoms with Crippen LogP contribution in [0.2, 0.25) is 0 Å². The number of hydrogen-bond acceptors (Lipinski definition) is 6. The highest BCUT2D eigenvalue weighted by molar-refractivity contribution is 5.54. The van der Waals surface area contributed by atoms with Gasteiger partial charge in [0.1, 0.15) is 17.7 Å². The Morgan fingerprint density at radius 3 is 2.94 bits per heavy atom. The highest BCUT2D eigenvalue weighted by Crippen LogP contribution is 2.28. The Bertz CT molecular complexity index is 464. The fourth-order valence-corrected chi connectivity index (χ4v) is 1.29. The molecule has 0 spiro atoms. The van der Waals surface area contributed by atoms with Gasteiger partial charge in [-0.1, -0.05) is 0 Å². The minimum Gasteiger partial charge on any atom is -0.467 e. The van der Waals surface area contributed by atoms with Gasteiger partial charge in [0.05, 0.1) is 4.92 Å². The Morgan fingerprint density at radius 2 is 2.44 bits per heavy atom. The first-order valence-electron chi connectivity index (χ1n) is 4.63. The molecule has 7 nitrogen and oxygen atoms in total. The first kappa shape index (κ1) is 10.3. The zero-order valence-corrected chi connectivity index (χ0v) is 8.21. The lowest BCUT2D eigenvalue weighted by atomic mass is 10.2. The van der Waals surface area contributed by atoms with Crippen molar-refractivity contribution in [1.29, 1.82) is 5.26 Å². The summed E-state index contributed by atoms with van der Waals surface area (Å²) in [5.41, 5.74) is -0.404. The van der Waals surface area contributed by atoms with Crippen LogP contribution in [0.15, 0.2) is 12.3 Å². The van der Waals surface area contributed by atoms with Gasteiger partial charge in [-0.05, 0) is 6.07 Å². The van der Waals surface area contributed by atoms with Crippen molar-refractivity contribution < 1.29 is 9.66 Å². The van der Waals surface area contributed by atoms with Crippen LogP contribution < -0.4 is 10.1 Å². The molecule has 0 atom stereocenters. The van der Waals surface area contributed by atoms with Gasteiger partial charge in [-0.3, -0.25) is 10.1 Å².